The molecule has 0 saturated carbocycles. The Labute approximate surface area is 88.8 Å². The number of alkyl halides is 1. The van der Waals surface area contributed by atoms with Crippen molar-refractivity contribution in [2.45, 2.75) is 25.6 Å². The van der Waals surface area contributed by atoms with E-state index in [-0.39, 0.29) is 24.7 Å². The number of amides is 1. The van der Waals surface area contributed by atoms with Gasteiger partial charge >= 0.3 is 0 Å². The summed E-state index contributed by atoms with van der Waals surface area (Å²) in [5, 5.41) is 8.95. The van der Waals surface area contributed by atoms with Gasteiger partial charge in [0.05, 0.1) is 18.8 Å². The molecule has 1 rings (SSSR count). The fourth-order valence-corrected chi connectivity index (χ4v) is 1.75. The maximum atomic E-state index is 11.5. The number of nitrogens with zero attached hydrogens (tertiary/aromatic N) is 1. The van der Waals surface area contributed by atoms with Crippen LogP contribution in [0.3, 0.4) is 0 Å². The lowest BCUT2D eigenvalue weighted by molar-refractivity contribution is -0.146. The van der Waals surface area contributed by atoms with Gasteiger partial charge in [-0.3, -0.25) is 4.79 Å². The SMILES string of the molecule is CC1CN(C(=O)CCCl)CC(CO)O1. The summed E-state index contributed by atoms with van der Waals surface area (Å²) in [6.45, 7) is 2.90. The molecule has 1 heterocycles. The summed E-state index contributed by atoms with van der Waals surface area (Å²) >= 11 is 5.49. The fourth-order valence-electron chi connectivity index (χ4n) is 1.59. The van der Waals surface area contributed by atoms with Crippen LogP contribution in [0.2, 0.25) is 0 Å². The molecule has 0 aromatic rings. The number of aliphatic hydroxyl groups is 1. The fraction of sp³-hybridized carbons (Fsp3) is 0.889. The first-order valence-corrected chi connectivity index (χ1v) is 5.31. The van der Waals surface area contributed by atoms with Crippen LogP contribution >= 0.6 is 11.6 Å². The summed E-state index contributed by atoms with van der Waals surface area (Å²) in [5.74, 6) is 0.377. The maximum absolute atomic E-state index is 11.5. The normalized spacial score (nSPS) is 27.8. The van der Waals surface area contributed by atoms with Crippen molar-refractivity contribution < 1.29 is 14.6 Å². The van der Waals surface area contributed by atoms with Gasteiger partial charge in [-0.05, 0) is 6.92 Å². The van der Waals surface area contributed by atoms with Crippen molar-refractivity contribution in [2.75, 3.05) is 25.6 Å². The minimum absolute atomic E-state index is 0.0137. The van der Waals surface area contributed by atoms with E-state index in [0.717, 1.165) is 0 Å². The Balaban J connectivity index is 2.48. The standard InChI is InChI=1S/C9H16ClNO3/c1-7-4-11(9(13)2-3-10)5-8(6-12)14-7/h7-8,12H,2-6H2,1H3. The van der Waals surface area contributed by atoms with Crippen molar-refractivity contribution in [1.82, 2.24) is 4.90 Å². The number of rotatable bonds is 3. The zero-order valence-corrected chi connectivity index (χ0v) is 9.04. The molecule has 2 unspecified atom stereocenters. The largest absolute Gasteiger partial charge is 0.394 e. The molecular formula is C9H16ClNO3. The van der Waals surface area contributed by atoms with Crippen molar-refractivity contribution >= 4 is 17.5 Å². The van der Waals surface area contributed by atoms with E-state index in [4.69, 9.17) is 21.4 Å². The molecule has 0 spiro atoms. The monoisotopic (exact) mass is 221 g/mol. The van der Waals surface area contributed by atoms with Gasteiger partial charge in [0.25, 0.3) is 0 Å². The van der Waals surface area contributed by atoms with Gasteiger partial charge in [-0.25, -0.2) is 0 Å². The van der Waals surface area contributed by atoms with Gasteiger partial charge in [0, 0.05) is 25.4 Å². The highest BCUT2D eigenvalue weighted by Crippen LogP contribution is 2.11. The summed E-state index contributed by atoms with van der Waals surface area (Å²) < 4.78 is 5.42. The van der Waals surface area contributed by atoms with Crippen LogP contribution in [0.4, 0.5) is 0 Å². The first-order valence-electron chi connectivity index (χ1n) is 4.77. The van der Waals surface area contributed by atoms with Crippen molar-refractivity contribution in [1.29, 1.82) is 0 Å². The van der Waals surface area contributed by atoms with Crippen LogP contribution < -0.4 is 0 Å². The lowest BCUT2D eigenvalue weighted by Gasteiger charge is -2.36. The Bertz CT molecular complexity index is 200. The topological polar surface area (TPSA) is 49.8 Å². The van der Waals surface area contributed by atoms with Gasteiger partial charge in [-0.2, -0.15) is 0 Å². The summed E-state index contributed by atoms with van der Waals surface area (Å²) in [6.07, 6.45) is 0.0880. The highest BCUT2D eigenvalue weighted by molar-refractivity contribution is 6.18. The maximum Gasteiger partial charge on any atom is 0.223 e. The summed E-state index contributed by atoms with van der Waals surface area (Å²) in [6, 6.07) is 0. The Morgan fingerprint density at radius 2 is 2.36 bits per heavy atom. The molecule has 2 atom stereocenters. The van der Waals surface area contributed by atoms with E-state index in [9.17, 15) is 4.79 Å². The Kier molecular flexibility index (Phi) is 4.65. The highest BCUT2D eigenvalue weighted by atomic mass is 35.5. The van der Waals surface area contributed by atoms with Crippen LogP contribution in [-0.4, -0.2) is 53.7 Å². The number of aliphatic hydroxyl groups excluding tert-OH is 1. The number of halogens is 1. The van der Waals surface area contributed by atoms with Crippen LogP contribution in [0.5, 0.6) is 0 Å². The third kappa shape index (κ3) is 3.12. The smallest absolute Gasteiger partial charge is 0.223 e. The van der Waals surface area contributed by atoms with Crippen LogP contribution in [0.1, 0.15) is 13.3 Å². The number of carbonyl (C=O) groups is 1. The number of morpholine rings is 1. The molecule has 1 aliphatic heterocycles. The second-order valence-corrected chi connectivity index (χ2v) is 3.87. The second kappa shape index (κ2) is 5.53. The third-order valence-corrected chi connectivity index (χ3v) is 2.38. The predicted molar refractivity (Wildman–Crippen MR) is 53.3 cm³/mol. The minimum atomic E-state index is -0.252. The molecule has 5 heteroatoms. The molecule has 1 aliphatic rings. The van der Waals surface area contributed by atoms with E-state index >= 15 is 0 Å². The van der Waals surface area contributed by atoms with Crippen LogP contribution in [-0.2, 0) is 9.53 Å². The molecule has 0 bridgehead atoms. The van der Waals surface area contributed by atoms with E-state index in [1.54, 1.807) is 4.90 Å². The molecule has 1 saturated heterocycles. The number of ether oxygens (including phenoxy) is 1. The Morgan fingerprint density at radius 1 is 1.64 bits per heavy atom. The van der Waals surface area contributed by atoms with E-state index in [2.05, 4.69) is 0 Å². The van der Waals surface area contributed by atoms with E-state index < -0.39 is 0 Å². The van der Waals surface area contributed by atoms with Crippen molar-refractivity contribution in [2.24, 2.45) is 0 Å². The van der Waals surface area contributed by atoms with Gasteiger partial charge in [0.2, 0.25) is 5.91 Å². The van der Waals surface area contributed by atoms with Crippen LogP contribution in [0.15, 0.2) is 0 Å². The summed E-state index contributed by atoms with van der Waals surface area (Å²) in [7, 11) is 0. The molecule has 0 aliphatic carbocycles. The average molecular weight is 222 g/mol. The molecule has 1 fully saturated rings. The van der Waals surface area contributed by atoms with Gasteiger partial charge in [0.15, 0.2) is 0 Å². The van der Waals surface area contributed by atoms with Crippen molar-refractivity contribution in [3.63, 3.8) is 0 Å². The molecule has 1 amide bonds. The number of hydrogen-bond acceptors (Lipinski definition) is 3. The molecule has 0 aromatic heterocycles. The van der Waals surface area contributed by atoms with Gasteiger partial charge < -0.3 is 14.7 Å². The third-order valence-electron chi connectivity index (χ3n) is 2.19. The van der Waals surface area contributed by atoms with E-state index in [1.807, 2.05) is 6.92 Å². The summed E-state index contributed by atoms with van der Waals surface area (Å²) in [4.78, 5) is 13.2. The summed E-state index contributed by atoms with van der Waals surface area (Å²) in [5.41, 5.74) is 0. The molecule has 82 valence electrons. The van der Waals surface area contributed by atoms with Gasteiger partial charge in [0.1, 0.15) is 0 Å². The second-order valence-electron chi connectivity index (χ2n) is 3.49. The van der Waals surface area contributed by atoms with Crippen molar-refractivity contribution in [3.8, 4) is 0 Å². The molecule has 0 aromatic carbocycles. The average Bonchev–Trinajstić information content (AvgIpc) is 2.17. The molecule has 4 nitrogen and oxygen atoms in total. The quantitative estimate of drug-likeness (QED) is 0.694. The lowest BCUT2D eigenvalue weighted by atomic mass is 10.2. The van der Waals surface area contributed by atoms with Gasteiger partial charge in [-0.1, -0.05) is 0 Å². The molecular weight excluding hydrogens is 206 g/mol. The van der Waals surface area contributed by atoms with Crippen LogP contribution in [0, 0.1) is 0 Å². The van der Waals surface area contributed by atoms with Gasteiger partial charge in [-0.15, -0.1) is 11.6 Å². The highest BCUT2D eigenvalue weighted by Gasteiger charge is 2.27. The number of hydrogen-bond donors (Lipinski definition) is 1. The first kappa shape index (κ1) is 11.8. The zero-order valence-electron chi connectivity index (χ0n) is 8.28. The number of carbonyl (C=O) groups excluding carboxylic acids is 1. The predicted octanol–water partition coefficient (Wildman–Crippen LogP) is 0.223. The first-order chi connectivity index (χ1) is 6.67. The van der Waals surface area contributed by atoms with Crippen molar-refractivity contribution in [3.05, 3.63) is 0 Å². The Hall–Kier alpha value is -0.320. The van der Waals surface area contributed by atoms with E-state index in [0.29, 0.717) is 25.4 Å². The van der Waals surface area contributed by atoms with Crippen LogP contribution in [0.25, 0.3) is 0 Å². The molecule has 1 N–H and O–H groups in total. The molecule has 0 radical (unpaired) electrons. The molecule has 14 heavy (non-hydrogen) atoms. The van der Waals surface area contributed by atoms with E-state index in [1.165, 1.54) is 0 Å². The Morgan fingerprint density at radius 3 is 2.93 bits per heavy atom. The lowest BCUT2D eigenvalue weighted by Crippen LogP contribution is -2.50. The zero-order chi connectivity index (χ0) is 10.6. The minimum Gasteiger partial charge on any atom is -0.394 e.